The predicted molar refractivity (Wildman–Crippen MR) is 102 cm³/mol. The van der Waals surface area contributed by atoms with Crippen LogP contribution in [0.5, 0.6) is 23.0 Å². The van der Waals surface area contributed by atoms with Gasteiger partial charge >= 0.3 is 5.97 Å². The number of carbonyl (C=O) groups is 2. The van der Waals surface area contributed by atoms with Crippen LogP contribution in [0.4, 0.5) is 0 Å². The van der Waals surface area contributed by atoms with E-state index in [2.05, 4.69) is 15.9 Å². The Morgan fingerprint density at radius 2 is 1.48 bits per heavy atom. The molecule has 0 saturated carbocycles. The molecule has 0 bridgehead atoms. The molecule has 0 radical (unpaired) electrons. The number of aromatic carboxylic acids is 1. The molecule has 0 heterocycles. The summed E-state index contributed by atoms with van der Waals surface area (Å²) in [5.74, 6) is -1.32. The summed E-state index contributed by atoms with van der Waals surface area (Å²) in [6.07, 6.45) is 0. The van der Waals surface area contributed by atoms with Crippen LogP contribution in [0.3, 0.4) is 0 Å². The number of benzene rings is 2. The van der Waals surface area contributed by atoms with Crippen molar-refractivity contribution >= 4 is 27.7 Å². The van der Waals surface area contributed by atoms with E-state index in [1.165, 1.54) is 34.5 Å². The molecule has 27 heavy (non-hydrogen) atoms. The van der Waals surface area contributed by atoms with Crippen LogP contribution >= 0.6 is 15.9 Å². The molecular weight excluding hydrogens is 420 g/mol. The summed E-state index contributed by atoms with van der Waals surface area (Å²) in [4.78, 5) is 25.3. The Morgan fingerprint density at radius 1 is 0.889 bits per heavy atom. The van der Waals surface area contributed by atoms with Gasteiger partial charge in [-0.2, -0.15) is 0 Å². The standard InChI is InChI=1S/C19H19BrO7/c1-9-11(20)6-7-12(24-2)14(9)16(21)15-10(19(22)23)8-13(25-3)17(26-4)18(15)27-5/h6-8H,1-5H3,(H,22,23). The van der Waals surface area contributed by atoms with E-state index >= 15 is 0 Å². The molecule has 0 amide bonds. The third kappa shape index (κ3) is 3.57. The highest BCUT2D eigenvalue weighted by Gasteiger charge is 2.31. The van der Waals surface area contributed by atoms with Crippen LogP contribution in [0.2, 0.25) is 0 Å². The van der Waals surface area contributed by atoms with Crippen molar-refractivity contribution in [1.82, 2.24) is 0 Å². The Bertz CT molecular complexity index is 906. The lowest BCUT2D eigenvalue weighted by Gasteiger charge is -2.19. The van der Waals surface area contributed by atoms with Crippen LogP contribution in [0.25, 0.3) is 0 Å². The fourth-order valence-corrected chi connectivity index (χ4v) is 3.12. The lowest BCUT2D eigenvalue weighted by molar-refractivity contribution is 0.0691. The van der Waals surface area contributed by atoms with E-state index in [4.69, 9.17) is 18.9 Å². The minimum absolute atomic E-state index is 0.0271. The molecule has 0 aromatic heterocycles. The average Bonchev–Trinajstić information content (AvgIpc) is 2.67. The summed E-state index contributed by atoms with van der Waals surface area (Å²) >= 11 is 3.38. The molecule has 0 aliphatic rings. The molecule has 2 rings (SSSR count). The second-order valence-electron chi connectivity index (χ2n) is 5.45. The van der Waals surface area contributed by atoms with Crippen molar-refractivity contribution in [3.05, 3.63) is 44.9 Å². The van der Waals surface area contributed by atoms with Gasteiger partial charge in [0, 0.05) is 4.47 Å². The second-order valence-corrected chi connectivity index (χ2v) is 6.31. The molecule has 0 aliphatic carbocycles. The number of rotatable bonds is 7. The third-order valence-corrected chi connectivity index (χ3v) is 4.95. The van der Waals surface area contributed by atoms with Gasteiger partial charge in [0.2, 0.25) is 11.5 Å². The van der Waals surface area contributed by atoms with Crippen LogP contribution in [0.15, 0.2) is 22.7 Å². The van der Waals surface area contributed by atoms with Crippen molar-refractivity contribution in [2.45, 2.75) is 6.92 Å². The Morgan fingerprint density at radius 3 is 1.96 bits per heavy atom. The fraction of sp³-hybridized carbons (Fsp3) is 0.263. The molecule has 0 aliphatic heterocycles. The zero-order chi connectivity index (χ0) is 20.3. The Hall–Kier alpha value is -2.74. The molecule has 2 aromatic rings. The number of carboxylic acid groups (broad SMARTS) is 1. The van der Waals surface area contributed by atoms with Crippen LogP contribution in [0.1, 0.15) is 31.8 Å². The topological polar surface area (TPSA) is 91.3 Å². The molecule has 1 N–H and O–H groups in total. The minimum atomic E-state index is -1.30. The zero-order valence-corrected chi connectivity index (χ0v) is 17.1. The van der Waals surface area contributed by atoms with Gasteiger partial charge in [0.1, 0.15) is 5.75 Å². The highest BCUT2D eigenvalue weighted by Crippen LogP contribution is 2.44. The molecule has 0 atom stereocenters. The zero-order valence-electron chi connectivity index (χ0n) is 15.5. The monoisotopic (exact) mass is 438 g/mol. The van der Waals surface area contributed by atoms with E-state index in [1.807, 2.05) is 0 Å². The van der Waals surface area contributed by atoms with Gasteiger partial charge in [-0.05, 0) is 30.7 Å². The van der Waals surface area contributed by atoms with Crippen molar-refractivity contribution in [1.29, 1.82) is 0 Å². The number of halogens is 1. The number of carbonyl (C=O) groups excluding carboxylic acids is 1. The number of methoxy groups -OCH3 is 4. The van der Waals surface area contributed by atoms with Crippen molar-refractivity contribution in [2.75, 3.05) is 28.4 Å². The number of hydrogen-bond acceptors (Lipinski definition) is 6. The maximum atomic E-state index is 13.4. The van der Waals surface area contributed by atoms with Gasteiger partial charge in [-0.1, -0.05) is 15.9 Å². The number of carboxylic acids is 1. The summed E-state index contributed by atoms with van der Waals surface area (Å²) in [5.41, 5.74) is 0.408. The third-order valence-electron chi connectivity index (χ3n) is 4.10. The molecule has 2 aromatic carbocycles. The van der Waals surface area contributed by atoms with Gasteiger partial charge in [0.15, 0.2) is 11.5 Å². The number of ether oxygens (including phenoxy) is 4. The van der Waals surface area contributed by atoms with Crippen LogP contribution in [-0.2, 0) is 0 Å². The summed E-state index contributed by atoms with van der Waals surface area (Å²) in [6.45, 7) is 1.73. The van der Waals surface area contributed by atoms with Crippen LogP contribution in [0, 0.1) is 6.92 Å². The van der Waals surface area contributed by atoms with Gasteiger partial charge < -0.3 is 24.1 Å². The molecule has 0 spiro atoms. The van der Waals surface area contributed by atoms with E-state index in [1.54, 1.807) is 19.1 Å². The Balaban J connectivity index is 2.92. The summed E-state index contributed by atoms with van der Waals surface area (Å²) < 4.78 is 21.8. The maximum Gasteiger partial charge on any atom is 0.336 e. The van der Waals surface area contributed by atoms with Gasteiger partial charge in [0.25, 0.3) is 0 Å². The first kappa shape index (κ1) is 20.6. The molecule has 7 nitrogen and oxygen atoms in total. The predicted octanol–water partition coefficient (Wildman–Crippen LogP) is 3.72. The summed E-state index contributed by atoms with van der Waals surface area (Å²) in [5, 5.41) is 9.67. The van der Waals surface area contributed by atoms with Gasteiger partial charge in [-0.3, -0.25) is 4.79 Å². The molecule has 0 fully saturated rings. The molecule has 0 unspecified atom stereocenters. The van der Waals surface area contributed by atoms with Crippen molar-refractivity contribution in [3.63, 3.8) is 0 Å². The quantitative estimate of drug-likeness (QED) is 0.658. The van der Waals surface area contributed by atoms with Crippen LogP contribution in [-0.4, -0.2) is 45.3 Å². The minimum Gasteiger partial charge on any atom is -0.496 e. The van der Waals surface area contributed by atoms with E-state index < -0.39 is 11.8 Å². The summed E-state index contributed by atoms with van der Waals surface area (Å²) in [6, 6.07) is 4.60. The average molecular weight is 439 g/mol. The van der Waals surface area contributed by atoms with Crippen molar-refractivity contribution < 1.29 is 33.6 Å². The SMILES string of the molecule is COc1cc(C(=O)O)c(C(=O)c2c(OC)ccc(Br)c2C)c(OC)c1OC. The fourth-order valence-electron chi connectivity index (χ4n) is 2.79. The van der Waals surface area contributed by atoms with E-state index in [0.29, 0.717) is 15.8 Å². The van der Waals surface area contributed by atoms with Crippen molar-refractivity contribution in [2.24, 2.45) is 0 Å². The van der Waals surface area contributed by atoms with E-state index in [9.17, 15) is 14.7 Å². The van der Waals surface area contributed by atoms with E-state index in [0.717, 1.165) is 0 Å². The molecule has 144 valence electrons. The first-order valence-electron chi connectivity index (χ1n) is 7.76. The molecule has 8 heteroatoms. The Labute approximate surface area is 164 Å². The maximum absolute atomic E-state index is 13.4. The number of ketones is 1. The highest BCUT2D eigenvalue weighted by atomic mass is 79.9. The number of hydrogen-bond donors (Lipinski definition) is 1. The van der Waals surface area contributed by atoms with Crippen molar-refractivity contribution in [3.8, 4) is 23.0 Å². The van der Waals surface area contributed by atoms with E-state index in [-0.39, 0.29) is 33.9 Å². The highest BCUT2D eigenvalue weighted by molar-refractivity contribution is 9.10. The first-order chi connectivity index (χ1) is 12.8. The lowest BCUT2D eigenvalue weighted by atomic mass is 9.93. The summed E-state index contributed by atoms with van der Waals surface area (Å²) in [7, 11) is 5.50. The molecular formula is C19H19BrO7. The smallest absolute Gasteiger partial charge is 0.336 e. The normalized spacial score (nSPS) is 10.3. The lowest BCUT2D eigenvalue weighted by Crippen LogP contribution is -2.15. The Kier molecular flexibility index (Phi) is 6.32. The second kappa shape index (κ2) is 8.30. The van der Waals surface area contributed by atoms with Gasteiger partial charge in [0.05, 0.1) is 45.1 Å². The van der Waals surface area contributed by atoms with Crippen LogP contribution < -0.4 is 18.9 Å². The largest absolute Gasteiger partial charge is 0.496 e. The molecule has 0 saturated heterocycles. The first-order valence-corrected chi connectivity index (χ1v) is 8.55. The van der Waals surface area contributed by atoms with Gasteiger partial charge in [-0.25, -0.2) is 4.79 Å². The van der Waals surface area contributed by atoms with Gasteiger partial charge in [-0.15, -0.1) is 0 Å².